The van der Waals surface area contributed by atoms with Gasteiger partial charge in [0, 0.05) is 29.5 Å². The van der Waals surface area contributed by atoms with E-state index in [2.05, 4.69) is 41.4 Å². The minimum Gasteiger partial charge on any atom is -0.364 e. The van der Waals surface area contributed by atoms with Crippen molar-refractivity contribution in [1.29, 1.82) is 0 Å². The van der Waals surface area contributed by atoms with Crippen LogP contribution in [0.1, 0.15) is 60.3 Å². The van der Waals surface area contributed by atoms with Crippen LogP contribution in [0.25, 0.3) is 0 Å². The Kier molecular flexibility index (Phi) is 8.09. The van der Waals surface area contributed by atoms with Crippen LogP contribution in [0.4, 0.5) is 0 Å². The molecule has 1 atom stereocenters. The zero-order valence-corrected chi connectivity index (χ0v) is 19.7. The lowest BCUT2D eigenvalue weighted by Gasteiger charge is -2.37. The van der Waals surface area contributed by atoms with Gasteiger partial charge in [-0.1, -0.05) is 42.9 Å². The first-order valence-electron chi connectivity index (χ1n) is 10.8. The lowest BCUT2D eigenvalue weighted by molar-refractivity contribution is 0.0932. The van der Waals surface area contributed by atoms with Gasteiger partial charge >= 0.3 is 0 Å². The highest BCUT2D eigenvalue weighted by Crippen LogP contribution is 2.39. The number of carbonyl (C=O) groups excluding carboxylic acids is 1. The maximum Gasteiger partial charge on any atom is 0.254 e. The summed E-state index contributed by atoms with van der Waals surface area (Å²) in [5.74, 6) is 1.08. The third-order valence-corrected chi connectivity index (χ3v) is 6.87. The summed E-state index contributed by atoms with van der Waals surface area (Å²) in [4.78, 5) is 18.2. The molecule has 162 valence electrons. The first kappa shape index (κ1) is 23.0. The van der Waals surface area contributed by atoms with E-state index in [1.54, 1.807) is 12.3 Å². The number of nitrogens with zero attached hydrogens (tertiary/aromatic N) is 1. The van der Waals surface area contributed by atoms with Gasteiger partial charge in [-0.05, 0) is 81.8 Å². The topological polar surface area (TPSA) is 48.1 Å². The number of rotatable bonds is 7. The number of aromatic amines is 1. The predicted molar refractivity (Wildman–Crippen MR) is 127 cm³/mol. The first-order valence-corrected chi connectivity index (χ1v) is 11.6. The average Bonchev–Trinajstić information content (AvgIpc) is 2.74. The van der Waals surface area contributed by atoms with Gasteiger partial charge in [0.25, 0.3) is 5.91 Å². The Morgan fingerprint density at radius 2 is 1.87 bits per heavy atom. The van der Waals surface area contributed by atoms with E-state index in [0.29, 0.717) is 34.5 Å². The van der Waals surface area contributed by atoms with E-state index >= 15 is 0 Å². The maximum atomic E-state index is 12.7. The van der Waals surface area contributed by atoms with Gasteiger partial charge < -0.3 is 15.2 Å². The smallest absolute Gasteiger partial charge is 0.254 e. The quantitative estimate of drug-likeness (QED) is 0.529. The van der Waals surface area contributed by atoms with Crippen LogP contribution < -0.4 is 5.32 Å². The van der Waals surface area contributed by atoms with E-state index in [1.807, 2.05) is 19.1 Å². The lowest BCUT2D eigenvalue weighted by atomic mass is 9.76. The number of halogens is 1. The Morgan fingerprint density at radius 1 is 1.20 bits per heavy atom. The Morgan fingerprint density at radius 3 is 2.47 bits per heavy atom. The molecule has 1 saturated carbocycles. The molecule has 1 heterocycles. The number of aromatic nitrogens is 1. The molecule has 6 heteroatoms. The van der Waals surface area contributed by atoms with E-state index < -0.39 is 0 Å². The highest BCUT2D eigenvalue weighted by molar-refractivity contribution is 7.71. The molecule has 1 amide bonds. The monoisotopic (exact) mass is 445 g/mol. The molecule has 0 radical (unpaired) electrons. The summed E-state index contributed by atoms with van der Waals surface area (Å²) >= 11 is 11.5. The third-order valence-electron chi connectivity index (χ3n) is 6.28. The summed E-state index contributed by atoms with van der Waals surface area (Å²) in [6.45, 7) is 2.74. The number of amides is 1. The van der Waals surface area contributed by atoms with Gasteiger partial charge in [0.2, 0.25) is 0 Å². The second-order valence-corrected chi connectivity index (χ2v) is 9.38. The Bertz CT molecular complexity index is 901. The number of benzene rings is 1. The molecule has 3 rings (SSSR count). The van der Waals surface area contributed by atoms with Crippen molar-refractivity contribution in [3.63, 3.8) is 0 Å². The highest BCUT2D eigenvalue weighted by atomic mass is 35.5. The summed E-state index contributed by atoms with van der Waals surface area (Å²) in [7, 11) is 4.31. The Balaban J connectivity index is 1.57. The maximum absolute atomic E-state index is 12.7. The van der Waals surface area contributed by atoms with E-state index in [1.165, 1.54) is 5.56 Å². The van der Waals surface area contributed by atoms with E-state index in [-0.39, 0.29) is 5.91 Å². The fourth-order valence-corrected chi connectivity index (χ4v) is 5.15. The zero-order chi connectivity index (χ0) is 21.7. The second-order valence-electron chi connectivity index (χ2n) is 8.50. The van der Waals surface area contributed by atoms with Gasteiger partial charge in [0.1, 0.15) is 0 Å². The predicted octanol–water partition coefficient (Wildman–Crippen LogP) is 5.80. The number of nitrogens with one attached hydrogen (secondary N) is 2. The summed E-state index contributed by atoms with van der Waals surface area (Å²) in [6, 6.07) is 10.4. The normalized spacial score (nSPS) is 20.2. The average molecular weight is 446 g/mol. The zero-order valence-electron chi connectivity index (χ0n) is 18.1. The molecule has 0 saturated heterocycles. The molecule has 30 heavy (non-hydrogen) atoms. The van der Waals surface area contributed by atoms with Gasteiger partial charge in [0.05, 0.1) is 10.1 Å². The molecule has 1 aromatic carbocycles. The van der Waals surface area contributed by atoms with E-state index in [0.717, 1.165) is 42.8 Å². The van der Waals surface area contributed by atoms with Crippen LogP contribution in [0.3, 0.4) is 0 Å². The van der Waals surface area contributed by atoms with Crippen molar-refractivity contribution < 1.29 is 4.79 Å². The Labute approximate surface area is 190 Å². The minimum atomic E-state index is -0.0526. The molecule has 1 aromatic heterocycles. The van der Waals surface area contributed by atoms with Gasteiger partial charge in [-0.25, -0.2) is 0 Å². The van der Waals surface area contributed by atoms with Crippen molar-refractivity contribution in [2.45, 2.75) is 45.1 Å². The summed E-state index contributed by atoms with van der Waals surface area (Å²) in [5.41, 5.74) is 2.85. The molecule has 1 aliphatic rings. The molecule has 0 bridgehead atoms. The lowest BCUT2D eigenvalue weighted by Crippen LogP contribution is -2.35. The van der Waals surface area contributed by atoms with Gasteiger partial charge in [-0.2, -0.15) is 0 Å². The van der Waals surface area contributed by atoms with Gasteiger partial charge in [-0.15, -0.1) is 0 Å². The largest absolute Gasteiger partial charge is 0.364 e. The van der Waals surface area contributed by atoms with Crippen LogP contribution in [0, 0.1) is 16.3 Å². The number of aryl methyl sites for hydroxylation is 1. The van der Waals surface area contributed by atoms with E-state index in [4.69, 9.17) is 23.8 Å². The Hall–Kier alpha value is -1.69. The molecular formula is C24H32ClN3OS. The summed E-state index contributed by atoms with van der Waals surface area (Å²) in [6.07, 6.45) is 7.15. The van der Waals surface area contributed by atoms with Crippen molar-refractivity contribution in [2.24, 2.45) is 11.8 Å². The van der Waals surface area contributed by atoms with Crippen molar-refractivity contribution in [2.75, 3.05) is 20.6 Å². The number of hydrogen-bond donors (Lipinski definition) is 2. The molecule has 4 nitrogen and oxygen atoms in total. The number of carbonyl (C=O) groups is 1. The van der Waals surface area contributed by atoms with Crippen LogP contribution in [0.15, 0.2) is 36.5 Å². The summed E-state index contributed by atoms with van der Waals surface area (Å²) in [5, 5.41) is 3.92. The van der Waals surface area contributed by atoms with Crippen molar-refractivity contribution in [3.05, 3.63) is 62.9 Å². The van der Waals surface area contributed by atoms with Crippen LogP contribution in [-0.4, -0.2) is 36.4 Å². The van der Waals surface area contributed by atoms with Crippen molar-refractivity contribution in [3.8, 4) is 0 Å². The molecule has 0 aliphatic heterocycles. The standard InChI is InChI=1S/C24H32ClN3OS/c1-4-20-22(21(30)13-14-26-20)24(29)27-15-16-5-7-17(8-6-16)23(28(2)3)18-9-11-19(25)12-10-18/h9-14,16-17,23H,4-8,15H2,1-3H3,(H,26,30)(H,27,29). The molecule has 1 unspecified atom stereocenters. The number of hydrogen-bond acceptors (Lipinski definition) is 3. The molecule has 0 spiro atoms. The first-order chi connectivity index (χ1) is 14.4. The summed E-state index contributed by atoms with van der Waals surface area (Å²) < 4.78 is 0.614. The van der Waals surface area contributed by atoms with Crippen LogP contribution in [0.5, 0.6) is 0 Å². The number of H-pyrrole nitrogens is 1. The minimum absolute atomic E-state index is 0.0526. The molecule has 2 N–H and O–H groups in total. The van der Waals surface area contributed by atoms with Crippen LogP contribution in [-0.2, 0) is 6.42 Å². The SMILES string of the molecule is CCc1[nH]ccc(=S)c1C(=O)NCC1CCC(C(c2ccc(Cl)cc2)N(C)C)CC1. The highest BCUT2D eigenvalue weighted by Gasteiger charge is 2.30. The molecule has 2 aromatic rings. The van der Waals surface area contributed by atoms with Crippen LogP contribution in [0.2, 0.25) is 5.02 Å². The second kappa shape index (κ2) is 10.6. The van der Waals surface area contributed by atoms with E-state index in [9.17, 15) is 4.79 Å². The fraction of sp³-hybridized carbons (Fsp3) is 0.500. The molecule has 1 fully saturated rings. The fourth-order valence-electron chi connectivity index (χ4n) is 4.74. The number of pyridine rings is 1. The molecule has 1 aliphatic carbocycles. The van der Waals surface area contributed by atoms with Gasteiger partial charge in [-0.3, -0.25) is 4.79 Å². The van der Waals surface area contributed by atoms with Crippen molar-refractivity contribution >= 4 is 29.7 Å². The molecular weight excluding hydrogens is 414 g/mol. The van der Waals surface area contributed by atoms with Crippen molar-refractivity contribution in [1.82, 2.24) is 15.2 Å². The third kappa shape index (κ3) is 5.51. The van der Waals surface area contributed by atoms with Crippen LogP contribution >= 0.6 is 23.8 Å². The van der Waals surface area contributed by atoms with Gasteiger partial charge in [0.15, 0.2) is 0 Å².